The summed E-state index contributed by atoms with van der Waals surface area (Å²) >= 11 is 0. The van der Waals surface area contributed by atoms with Crippen LogP contribution in [0.5, 0.6) is 0 Å². The molecule has 0 radical (unpaired) electrons. The zero-order valence-corrected chi connectivity index (χ0v) is 9.24. The SMILES string of the molecule is Cc1cncc(N2CCCC3(CC3)C2)n1. The predicted molar refractivity (Wildman–Crippen MR) is 59.9 cm³/mol. The summed E-state index contributed by atoms with van der Waals surface area (Å²) in [4.78, 5) is 11.2. The minimum Gasteiger partial charge on any atom is -0.355 e. The fraction of sp³-hybridized carbons (Fsp3) is 0.667. The molecule has 80 valence electrons. The largest absolute Gasteiger partial charge is 0.355 e. The standard InChI is InChI=1S/C12H17N3/c1-10-7-13-8-11(14-10)15-6-2-3-12(9-15)4-5-12/h7-8H,2-6,9H2,1H3. The quantitative estimate of drug-likeness (QED) is 0.700. The first-order valence-corrected chi connectivity index (χ1v) is 5.81. The highest BCUT2D eigenvalue weighted by Crippen LogP contribution is 2.52. The number of piperidine rings is 1. The number of hydrogen-bond acceptors (Lipinski definition) is 3. The first-order chi connectivity index (χ1) is 7.27. The molecule has 3 heteroatoms. The Bertz CT molecular complexity index is 371. The number of aromatic nitrogens is 2. The normalized spacial score (nSPS) is 23.1. The van der Waals surface area contributed by atoms with Crippen LogP contribution in [0.1, 0.15) is 31.4 Å². The van der Waals surface area contributed by atoms with E-state index >= 15 is 0 Å². The molecule has 1 spiro atoms. The Morgan fingerprint density at radius 2 is 2.13 bits per heavy atom. The van der Waals surface area contributed by atoms with Gasteiger partial charge in [-0.2, -0.15) is 0 Å². The van der Waals surface area contributed by atoms with Crippen molar-refractivity contribution in [1.29, 1.82) is 0 Å². The number of anilines is 1. The Hall–Kier alpha value is -1.12. The summed E-state index contributed by atoms with van der Waals surface area (Å²) in [7, 11) is 0. The summed E-state index contributed by atoms with van der Waals surface area (Å²) in [5.74, 6) is 1.07. The van der Waals surface area contributed by atoms with Crippen molar-refractivity contribution in [3.8, 4) is 0 Å². The van der Waals surface area contributed by atoms with Crippen molar-refractivity contribution < 1.29 is 0 Å². The summed E-state index contributed by atoms with van der Waals surface area (Å²) in [5.41, 5.74) is 1.67. The van der Waals surface area contributed by atoms with Crippen LogP contribution in [0, 0.1) is 12.3 Å². The molecule has 1 aliphatic carbocycles. The van der Waals surface area contributed by atoms with Crippen molar-refractivity contribution in [2.45, 2.75) is 32.6 Å². The molecule has 0 aromatic carbocycles. The van der Waals surface area contributed by atoms with E-state index in [2.05, 4.69) is 14.9 Å². The van der Waals surface area contributed by atoms with Gasteiger partial charge in [0.25, 0.3) is 0 Å². The van der Waals surface area contributed by atoms with Gasteiger partial charge in [0.05, 0.1) is 11.9 Å². The lowest BCUT2D eigenvalue weighted by Crippen LogP contribution is -2.37. The molecule has 1 saturated carbocycles. The van der Waals surface area contributed by atoms with Gasteiger partial charge in [0.1, 0.15) is 5.82 Å². The lowest BCUT2D eigenvalue weighted by atomic mass is 9.95. The summed E-state index contributed by atoms with van der Waals surface area (Å²) in [6.45, 7) is 4.36. The van der Waals surface area contributed by atoms with E-state index in [4.69, 9.17) is 0 Å². The summed E-state index contributed by atoms with van der Waals surface area (Å²) in [6, 6.07) is 0. The molecule has 1 aromatic heterocycles. The van der Waals surface area contributed by atoms with E-state index in [1.54, 1.807) is 0 Å². The molecule has 3 rings (SSSR count). The van der Waals surface area contributed by atoms with Gasteiger partial charge in [-0.3, -0.25) is 4.98 Å². The fourth-order valence-electron chi connectivity index (χ4n) is 2.59. The Morgan fingerprint density at radius 1 is 1.27 bits per heavy atom. The minimum atomic E-state index is 0.656. The van der Waals surface area contributed by atoms with Crippen LogP contribution < -0.4 is 4.90 Å². The van der Waals surface area contributed by atoms with Gasteiger partial charge in [0, 0.05) is 19.3 Å². The average molecular weight is 203 g/mol. The Morgan fingerprint density at radius 3 is 2.87 bits per heavy atom. The summed E-state index contributed by atoms with van der Waals surface area (Å²) in [5, 5.41) is 0. The first-order valence-electron chi connectivity index (χ1n) is 5.81. The number of nitrogens with zero attached hydrogens (tertiary/aromatic N) is 3. The molecule has 2 heterocycles. The molecular formula is C12H17N3. The van der Waals surface area contributed by atoms with E-state index in [9.17, 15) is 0 Å². The topological polar surface area (TPSA) is 29.0 Å². The fourth-order valence-corrected chi connectivity index (χ4v) is 2.59. The Labute approximate surface area is 90.5 Å². The van der Waals surface area contributed by atoms with E-state index < -0.39 is 0 Å². The van der Waals surface area contributed by atoms with Crippen molar-refractivity contribution in [2.75, 3.05) is 18.0 Å². The molecule has 1 aromatic rings. The maximum atomic E-state index is 4.55. The van der Waals surface area contributed by atoms with Gasteiger partial charge in [-0.1, -0.05) is 0 Å². The third-order valence-corrected chi connectivity index (χ3v) is 3.68. The lowest BCUT2D eigenvalue weighted by Gasteiger charge is -2.33. The van der Waals surface area contributed by atoms with Crippen LogP contribution in [-0.4, -0.2) is 23.1 Å². The molecule has 0 atom stereocenters. The van der Waals surface area contributed by atoms with E-state index in [0.29, 0.717) is 5.41 Å². The van der Waals surface area contributed by atoms with Gasteiger partial charge in [-0.05, 0) is 38.0 Å². The van der Waals surface area contributed by atoms with Crippen LogP contribution in [0.25, 0.3) is 0 Å². The summed E-state index contributed by atoms with van der Waals surface area (Å²) < 4.78 is 0. The van der Waals surface area contributed by atoms with Crippen LogP contribution in [0.2, 0.25) is 0 Å². The zero-order chi connectivity index (χ0) is 10.3. The second-order valence-corrected chi connectivity index (χ2v) is 5.04. The Kier molecular flexibility index (Phi) is 1.94. The van der Waals surface area contributed by atoms with Gasteiger partial charge in [-0.15, -0.1) is 0 Å². The van der Waals surface area contributed by atoms with Crippen molar-refractivity contribution in [1.82, 2.24) is 9.97 Å². The Balaban J connectivity index is 1.81. The third kappa shape index (κ3) is 1.71. The van der Waals surface area contributed by atoms with Gasteiger partial charge >= 0.3 is 0 Å². The molecule has 15 heavy (non-hydrogen) atoms. The molecular weight excluding hydrogens is 186 g/mol. The van der Waals surface area contributed by atoms with Crippen LogP contribution in [0.4, 0.5) is 5.82 Å². The van der Waals surface area contributed by atoms with Crippen molar-refractivity contribution in [3.05, 3.63) is 18.1 Å². The second-order valence-electron chi connectivity index (χ2n) is 5.04. The van der Waals surface area contributed by atoms with Crippen molar-refractivity contribution in [3.63, 3.8) is 0 Å². The molecule has 0 amide bonds. The van der Waals surface area contributed by atoms with E-state index in [-0.39, 0.29) is 0 Å². The zero-order valence-electron chi connectivity index (χ0n) is 9.24. The van der Waals surface area contributed by atoms with Gasteiger partial charge in [-0.25, -0.2) is 4.98 Å². The number of aryl methyl sites for hydroxylation is 1. The van der Waals surface area contributed by atoms with Crippen molar-refractivity contribution in [2.24, 2.45) is 5.41 Å². The third-order valence-electron chi connectivity index (χ3n) is 3.68. The number of rotatable bonds is 1. The lowest BCUT2D eigenvalue weighted by molar-refractivity contribution is 0.393. The van der Waals surface area contributed by atoms with Crippen molar-refractivity contribution >= 4 is 5.82 Å². The molecule has 1 saturated heterocycles. The molecule has 0 N–H and O–H groups in total. The van der Waals surface area contributed by atoms with Gasteiger partial charge in [0.2, 0.25) is 0 Å². The molecule has 2 aliphatic rings. The smallest absolute Gasteiger partial charge is 0.147 e. The van der Waals surface area contributed by atoms with Gasteiger partial charge < -0.3 is 4.90 Å². The maximum Gasteiger partial charge on any atom is 0.147 e. The van der Waals surface area contributed by atoms with Crippen LogP contribution in [0.15, 0.2) is 12.4 Å². The van der Waals surface area contributed by atoms with Crippen LogP contribution >= 0.6 is 0 Å². The maximum absolute atomic E-state index is 4.55. The second kappa shape index (κ2) is 3.19. The minimum absolute atomic E-state index is 0.656. The molecule has 1 aliphatic heterocycles. The predicted octanol–water partition coefficient (Wildman–Crippen LogP) is 2.17. The van der Waals surface area contributed by atoms with E-state index in [1.165, 1.54) is 32.2 Å². The highest BCUT2D eigenvalue weighted by molar-refractivity contribution is 5.38. The van der Waals surface area contributed by atoms with Crippen LogP contribution in [0.3, 0.4) is 0 Å². The summed E-state index contributed by atoms with van der Waals surface area (Å²) in [6.07, 6.45) is 9.29. The molecule has 0 unspecified atom stereocenters. The first kappa shape index (κ1) is 9.13. The molecule has 0 bridgehead atoms. The molecule has 2 fully saturated rings. The van der Waals surface area contributed by atoms with Crippen LogP contribution in [-0.2, 0) is 0 Å². The average Bonchev–Trinajstić information content (AvgIpc) is 2.98. The monoisotopic (exact) mass is 203 g/mol. The van der Waals surface area contributed by atoms with E-state index in [0.717, 1.165) is 18.1 Å². The molecule has 3 nitrogen and oxygen atoms in total. The highest BCUT2D eigenvalue weighted by Gasteiger charge is 2.45. The van der Waals surface area contributed by atoms with E-state index in [1.807, 2.05) is 19.3 Å². The number of hydrogen-bond donors (Lipinski definition) is 0. The van der Waals surface area contributed by atoms with Gasteiger partial charge in [0.15, 0.2) is 0 Å². The highest BCUT2D eigenvalue weighted by atomic mass is 15.2.